The van der Waals surface area contributed by atoms with Crippen molar-refractivity contribution in [2.75, 3.05) is 11.9 Å². The van der Waals surface area contributed by atoms with Gasteiger partial charge < -0.3 is 4.90 Å². The fourth-order valence-corrected chi connectivity index (χ4v) is 3.05. The zero-order valence-electron chi connectivity index (χ0n) is 11.1. The Morgan fingerprint density at radius 1 is 1.20 bits per heavy atom. The topological polar surface area (TPSA) is 39.9 Å². The molecule has 0 saturated carbocycles. The van der Waals surface area contributed by atoms with Gasteiger partial charge in [0, 0.05) is 19.0 Å². The summed E-state index contributed by atoms with van der Waals surface area (Å²) in [6, 6.07) is 18.1. The van der Waals surface area contributed by atoms with Gasteiger partial charge in [0.25, 0.3) is 0 Å². The molecule has 3 nitrogen and oxygen atoms in total. The Bertz CT molecular complexity index is 786. The van der Waals surface area contributed by atoms with E-state index in [-0.39, 0.29) is 0 Å². The maximum atomic E-state index is 8.95. The number of benzene rings is 2. The monoisotopic (exact) mass is 279 g/mol. The van der Waals surface area contributed by atoms with E-state index in [2.05, 4.69) is 28.5 Å². The summed E-state index contributed by atoms with van der Waals surface area (Å²) in [6.45, 7) is 0.766. The number of nitrogens with zero attached hydrogens (tertiary/aromatic N) is 3. The fraction of sp³-hybridized carbons (Fsp3) is 0.125. The number of aromatic nitrogens is 1. The van der Waals surface area contributed by atoms with Crippen LogP contribution in [0, 0.1) is 11.3 Å². The Morgan fingerprint density at radius 3 is 2.90 bits per heavy atom. The van der Waals surface area contributed by atoms with Gasteiger partial charge in [0.1, 0.15) is 5.00 Å². The van der Waals surface area contributed by atoms with Gasteiger partial charge in [0.05, 0.1) is 17.1 Å². The number of rotatable bonds is 3. The first kappa shape index (κ1) is 12.6. The molecule has 0 atom stereocenters. The van der Waals surface area contributed by atoms with E-state index in [1.807, 2.05) is 42.5 Å². The van der Waals surface area contributed by atoms with Gasteiger partial charge in [-0.3, -0.25) is 0 Å². The molecule has 1 aromatic heterocycles. The molecule has 0 N–H and O–H groups in total. The Kier molecular flexibility index (Phi) is 3.36. The highest BCUT2D eigenvalue weighted by Gasteiger charge is 2.10. The maximum absolute atomic E-state index is 8.95. The minimum atomic E-state index is 0.699. The maximum Gasteiger partial charge on any atom is 0.120 e. The van der Waals surface area contributed by atoms with Crippen molar-refractivity contribution in [3.8, 4) is 6.07 Å². The fourth-order valence-electron chi connectivity index (χ4n) is 2.24. The van der Waals surface area contributed by atoms with Crippen LogP contribution in [0.25, 0.3) is 10.9 Å². The van der Waals surface area contributed by atoms with Crippen LogP contribution < -0.4 is 4.90 Å². The van der Waals surface area contributed by atoms with Crippen molar-refractivity contribution < 1.29 is 0 Å². The molecular weight excluding hydrogens is 266 g/mol. The lowest BCUT2D eigenvalue weighted by Gasteiger charge is -2.17. The molecule has 0 spiro atoms. The molecule has 2 aromatic carbocycles. The molecule has 0 aliphatic rings. The van der Waals surface area contributed by atoms with Crippen molar-refractivity contribution in [1.82, 2.24) is 4.37 Å². The van der Waals surface area contributed by atoms with Crippen LogP contribution >= 0.6 is 11.5 Å². The summed E-state index contributed by atoms with van der Waals surface area (Å²) >= 11 is 1.51. The number of anilines is 1. The van der Waals surface area contributed by atoms with E-state index < -0.39 is 0 Å². The van der Waals surface area contributed by atoms with E-state index in [9.17, 15) is 0 Å². The summed E-state index contributed by atoms with van der Waals surface area (Å²) in [5, 5.41) is 11.3. The van der Waals surface area contributed by atoms with Gasteiger partial charge in [0.15, 0.2) is 0 Å². The molecule has 0 amide bonds. The molecule has 0 fully saturated rings. The molecule has 0 unspecified atom stereocenters. The first-order chi connectivity index (χ1) is 9.78. The van der Waals surface area contributed by atoms with Gasteiger partial charge in [0.2, 0.25) is 0 Å². The molecule has 4 heteroatoms. The quantitative estimate of drug-likeness (QED) is 0.732. The second-order valence-electron chi connectivity index (χ2n) is 4.67. The van der Waals surface area contributed by atoms with Crippen LogP contribution in [0.1, 0.15) is 11.1 Å². The lowest BCUT2D eigenvalue weighted by Crippen LogP contribution is -2.15. The summed E-state index contributed by atoms with van der Waals surface area (Å²) in [4.78, 5) is 2.18. The third-order valence-electron chi connectivity index (χ3n) is 3.19. The highest BCUT2D eigenvalue weighted by atomic mass is 32.1. The zero-order chi connectivity index (χ0) is 13.9. The van der Waals surface area contributed by atoms with Crippen molar-refractivity contribution in [3.63, 3.8) is 0 Å². The Hall–Kier alpha value is -2.38. The molecule has 0 radical (unpaired) electrons. The van der Waals surface area contributed by atoms with Crippen LogP contribution in [0.5, 0.6) is 0 Å². The SMILES string of the molecule is CN(Cc1cccc(C#N)c1)c1snc2ccccc12. The van der Waals surface area contributed by atoms with E-state index in [1.54, 1.807) is 0 Å². The number of hydrogen-bond acceptors (Lipinski definition) is 4. The predicted molar refractivity (Wildman–Crippen MR) is 82.9 cm³/mol. The third kappa shape index (κ3) is 2.36. The predicted octanol–water partition coefficient (Wildman–Crippen LogP) is 3.80. The van der Waals surface area contributed by atoms with Crippen molar-refractivity contribution in [2.24, 2.45) is 0 Å². The van der Waals surface area contributed by atoms with Gasteiger partial charge in [-0.2, -0.15) is 9.64 Å². The van der Waals surface area contributed by atoms with Crippen LogP contribution in [0.4, 0.5) is 5.00 Å². The van der Waals surface area contributed by atoms with Crippen LogP contribution in [0.15, 0.2) is 48.5 Å². The first-order valence-electron chi connectivity index (χ1n) is 6.32. The number of nitriles is 1. The number of hydrogen-bond donors (Lipinski definition) is 0. The Balaban J connectivity index is 1.89. The van der Waals surface area contributed by atoms with Crippen molar-refractivity contribution >= 4 is 27.4 Å². The second-order valence-corrected chi connectivity index (χ2v) is 5.42. The summed E-state index contributed by atoms with van der Waals surface area (Å²) in [6.07, 6.45) is 0. The van der Waals surface area contributed by atoms with E-state index in [1.165, 1.54) is 16.9 Å². The first-order valence-corrected chi connectivity index (χ1v) is 7.10. The largest absolute Gasteiger partial charge is 0.360 e. The van der Waals surface area contributed by atoms with Gasteiger partial charge in [-0.1, -0.05) is 24.3 Å². The summed E-state index contributed by atoms with van der Waals surface area (Å²) in [7, 11) is 2.05. The van der Waals surface area contributed by atoms with Gasteiger partial charge in [-0.05, 0) is 41.4 Å². The van der Waals surface area contributed by atoms with Gasteiger partial charge >= 0.3 is 0 Å². The van der Waals surface area contributed by atoms with Crippen molar-refractivity contribution in [3.05, 3.63) is 59.7 Å². The molecule has 3 aromatic rings. The van der Waals surface area contributed by atoms with Gasteiger partial charge in [-0.15, -0.1) is 0 Å². The highest BCUT2D eigenvalue weighted by Crippen LogP contribution is 2.31. The Morgan fingerprint density at radius 2 is 2.05 bits per heavy atom. The van der Waals surface area contributed by atoms with E-state index in [0.717, 1.165) is 22.6 Å². The van der Waals surface area contributed by atoms with Crippen LogP contribution in [0.2, 0.25) is 0 Å². The molecule has 0 bridgehead atoms. The summed E-state index contributed by atoms with van der Waals surface area (Å²) < 4.78 is 4.46. The van der Waals surface area contributed by atoms with E-state index >= 15 is 0 Å². The normalized spacial score (nSPS) is 10.4. The lowest BCUT2D eigenvalue weighted by molar-refractivity contribution is 0.938. The van der Waals surface area contributed by atoms with Crippen LogP contribution in [-0.4, -0.2) is 11.4 Å². The van der Waals surface area contributed by atoms with Crippen LogP contribution in [0.3, 0.4) is 0 Å². The summed E-state index contributed by atoms with van der Waals surface area (Å²) in [5.74, 6) is 0. The smallest absolute Gasteiger partial charge is 0.120 e. The standard InChI is InChI=1S/C16H13N3S/c1-19(11-13-6-4-5-12(9-13)10-17)16-14-7-2-3-8-15(14)18-20-16/h2-9H,11H2,1H3. The molecule has 1 heterocycles. The molecular formula is C16H13N3S. The van der Waals surface area contributed by atoms with Crippen molar-refractivity contribution in [2.45, 2.75) is 6.54 Å². The molecule has 0 aliphatic carbocycles. The van der Waals surface area contributed by atoms with Crippen molar-refractivity contribution in [1.29, 1.82) is 5.26 Å². The minimum absolute atomic E-state index is 0.699. The summed E-state index contributed by atoms with van der Waals surface area (Å²) in [5.41, 5.74) is 2.86. The molecule has 0 aliphatic heterocycles. The average Bonchev–Trinajstić information content (AvgIpc) is 2.91. The third-order valence-corrected chi connectivity index (χ3v) is 4.18. The minimum Gasteiger partial charge on any atom is -0.360 e. The van der Waals surface area contributed by atoms with E-state index in [0.29, 0.717) is 5.56 Å². The molecule has 98 valence electrons. The van der Waals surface area contributed by atoms with Crippen LogP contribution in [-0.2, 0) is 6.54 Å². The zero-order valence-corrected chi connectivity index (χ0v) is 11.9. The molecule has 20 heavy (non-hydrogen) atoms. The van der Waals surface area contributed by atoms with E-state index in [4.69, 9.17) is 5.26 Å². The molecule has 3 rings (SSSR count). The van der Waals surface area contributed by atoms with Gasteiger partial charge in [-0.25, -0.2) is 0 Å². The lowest BCUT2D eigenvalue weighted by atomic mass is 10.1. The second kappa shape index (κ2) is 5.32. The average molecular weight is 279 g/mol. The number of fused-ring (bicyclic) bond motifs is 1. The Labute approximate surface area is 121 Å². The highest BCUT2D eigenvalue weighted by molar-refractivity contribution is 7.11. The molecule has 0 saturated heterocycles.